The van der Waals surface area contributed by atoms with E-state index in [9.17, 15) is 19.2 Å². The third-order valence-corrected chi connectivity index (χ3v) is 8.02. The Morgan fingerprint density at radius 2 is 1.09 bits per heavy atom. The summed E-state index contributed by atoms with van der Waals surface area (Å²) in [4.78, 5) is 53.6. The first-order valence-corrected chi connectivity index (χ1v) is 16.1. The highest BCUT2D eigenvalue weighted by molar-refractivity contribution is 6.38. The van der Waals surface area contributed by atoms with Crippen molar-refractivity contribution < 1.29 is 19.2 Å². The molecule has 0 aliphatic carbocycles. The average molecular weight is 618 g/mol. The monoisotopic (exact) mass is 617 g/mol. The summed E-state index contributed by atoms with van der Waals surface area (Å²) < 4.78 is 0. The molecule has 0 fully saturated rings. The number of hydrogen-bond donors (Lipinski definition) is 3. The van der Waals surface area contributed by atoms with Crippen LogP contribution in [0.1, 0.15) is 74.1 Å². The van der Waals surface area contributed by atoms with Gasteiger partial charge in [0.25, 0.3) is 5.91 Å². The summed E-state index contributed by atoms with van der Waals surface area (Å²) in [7, 11) is 0. The second-order valence-corrected chi connectivity index (χ2v) is 11.4. The molecule has 0 aliphatic heterocycles. The first-order valence-electron chi connectivity index (χ1n) is 16.1. The van der Waals surface area contributed by atoms with E-state index in [1.54, 1.807) is 0 Å². The van der Waals surface area contributed by atoms with Gasteiger partial charge in [-0.25, -0.2) is 0 Å². The lowest BCUT2D eigenvalue weighted by Crippen LogP contribution is -2.53. The van der Waals surface area contributed by atoms with Crippen molar-refractivity contribution in [3.05, 3.63) is 144 Å². The smallest absolute Gasteiger partial charge is 0.289 e. The first-order chi connectivity index (χ1) is 22.4. The molecule has 0 unspecified atom stereocenters. The second-order valence-electron chi connectivity index (χ2n) is 11.4. The molecule has 0 aliphatic rings. The molecule has 238 valence electrons. The third-order valence-electron chi connectivity index (χ3n) is 8.02. The normalized spacial score (nSPS) is 11.7. The van der Waals surface area contributed by atoms with Gasteiger partial charge < -0.3 is 16.0 Å². The van der Waals surface area contributed by atoms with E-state index in [1.807, 2.05) is 121 Å². The van der Waals surface area contributed by atoms with Crippen LogP contribution < -0.4 is 16.0 Å². The van der Waals surface area contributed by atoms with Crippen molar-refractivity contribution in [2.24, 2.45) is 0 Å². The number of nitrogens with one attached hydrogen (secondary N) is 3. The second kappa shape index (κ2) is 17.4. The van der Waals surface area contributed by atoms with Gasteiger partial charge in [-0.05, 0) is 28.7 Å². The minimum absolute atomic E-state index is 0.148. The van der Waals surface area contributed by atoms with Crippen LogP contribution in [0.25, 0.3) is 0 Å². The molecule has 0 spiro atoms. The zero-order valence-corrected chi connectivity index (χ0v) is 26.4. The van der Waals surface area contributed by atoms with Crippen molar-refractivity contribution >= 4 is 23.5 Å². The molecule has 0 radical (unpaired) electrons. The fourth-order valence-electron chi connectivity index (χ4n) is 5.61. The number of carbonyl (C=O) groups excluding carboxylic acids is 4. The van der Waals surface area contributed by atoms with E-state index in [0.29, 0.717) is 6.42 Å². The fourth-order valence-corrected chi connectivity index (χ4v) is 5.61. The Kier molecular flexibility index (Phi) is 12.8. The van der Waals surface area contributed by atoms with Crippen molar-refractivity contribution in [2.75, 3.05) is 0 Å². The van der Waals surface area contributed by atoms with Gasteiger partial charge in [0.05, 0.1) is 6.42 Å². The van der Waals surface area contributed by atoms with Gasteiger partial charge in [-0.2, -0.15) is 0 Å². The molecule has 7 heteroatoms. The number of benzene rings is 4. The summed E-state index contributed by atoms with van der Waals surface area (Å²) in [6, 6.07) is 36.7. The summed E-state index contributed by atoms with van der Waals surface area (Å²) in [5.41, 5.74) is 2.18. The Morgan fingerprint density at radius 3 is 1.59 bits per heavy atom. The van der Waals surface area contributed by atoms with Crippen LogP contribution in [0.3, 0.4) is 0 Å². The summed E-state index contributed by atoms with van der Waals surface area (Å²) in [6.45, 7) is 2.27. The molecule has 4 aromatic carbocycles. The summed E-state index contributed by atoms with van der Waals surface area (Å²) in [6.07, 6.45) is 4.57. The molecular weight excluding hydrogens is 574 g/mol. The molecule has 0 saturated heterocycles. The van der Waals surface area contributed by atoms with E-state index in [2.05, 4.69) is 22.9 Å². The number of hydrogen-bond acceptors (Lipinski definition) is 4. The summed E-state index contributed by atoms with van der Waals surface area (Å²) in [5, 5.41) is 8.59. The van der Waals surface area contributed by atoms with Crippen LogP contribution in [-0.2, 0) is 31.3 Å². The van der Waals surface area contributed by atoms with Gasteiger partial charge in [0.1, 0.15) is 11.6 Å². The summed E-state index contributed by atoms with van der Waals surface area (Å²) in [5.74, 6) is -2.58. The van der Waals surface area contributed by atoms with E-state index in [-0.39, 0.29) is 18.9 Å². The predicted molar refractivity (Wildman–Crippen MR) is 181 cm³/mol. The molecule has 46 heavy (non-hydrogen) atoms. The Balaban J connectivity index is 1.60. The lowest BCUT2D eigenvalue weighted by molar-refractivity contribution is -0.141. The molecule has 0 saturated carbocycles. The van der Waals surface area contributed by atoms with Crippen molar-refractivity contribution in [3.63, 3.8) is 0 Å². The fraction of sp³-hybridized carbons (Fsp3) is 0.282. The minimum Gasteiger partial charge on any atom is -0.345 e. The lowest BCUT2D eigenvalue weighted by Gasteiger charge is -2.37. The van der Waals surface area contributed by atoms with Gasteiger partial charge in [0.15, 0.2) is 0 Å². The van der Waals surface area contributed by atoms with E-state index < -0.39 is 35.6 Å². The molecule has 0 bridgehead atoms. The number of rotatable bonds is 17. The Bertz CT molecular complexity index is 1450. The van der Waals surface area contributed by atoms with Crippen LogP contribution >= 0.6 is 0 Å². The molecule has 4 aromatic rings. The molecule has 3 N–H and O–H groups in total. The standard InChI is InChI=1S/C39H43N3O4/c1-2-3-4-5-18-27-35(43)41-34(37(45)38(46)40-29-30-19-10-6-11-20-30)28-36(44)42-39(31-21-12-7-13-22-31,32-23-14-8-15-24-32)33-25-16-9-17-26-33/h6-17,19-26,34H,2-5,18,27-29H2,1H3,(H,40,46)(H,41,43)(H,42,44)/t34-/m0/s1. The topological polar surface area (TPSA) is 104 Å². The van der Waals surface area contributed by atoms with Gasteiger partial charge in [-0.15, -0.1) is 0 Å². The maximum Gasteiger partial charge on any atom is 0.289 e. The van der Waals surface area contributed by atoms with Crippen LogP contribution in [-0.4, -0.2) is 29.5 Å². The molecule has 3 amide bonds. The van der Waals surface area contributed by atoms with Gasteiger partial charge >= 0.3 is 0 Å². The number of amides is 3. The minimum atomic E-state index is -1.33. The van der Waals surface area contributed by atoms with Crippen LogP contribution in [0, 0.1) is 0 Å². The van der Waals surface area contributed by atoms with Crippen molar-refractivity contribution in [1.82, 2.24) is 16.0 Å². The highest BCUT2D eigenvalue weighted by atomic mass is 16.2. The molecule has 7 nitrogen and oxygen atoms in total. The van der Waals surface area contributed by atoms with E-state index >= 15 is 0 Å². The van der Waals surface area contributed by atoms with Gasteiger partial charge in [-0.3, -0.25) is 19.2 Å². The lowest BCUT2D eigenvalue weighted by atomic mass is 9.77. The van der Waals surface area contributed by atoms with Crippen LogP contribution in [0.5, 0.6) is 0 Å². The Morgan fingerprint density at radius 1 is 0.609 bits per heavy atom. The van der Waals surface area contributed by atoms with Gasteiger partial charge in [0.2, 0.25) is 17.6 Å². The van der Waals surface area contributed by atoms with Crippen LogP contribution in [0.2, 0.25) is 0 Å². The quantitative estimate of drug-likeness (QED) is 0.0744. The molecule has 4 rings (SSSR count). The van der Waals surface area contributed by atoms with Crippen molar-refractivity contribution in [2.45, 2.75) is 70.0 Å². The predicted octanol–water partition coefficient (Wildman–Crippen LogP) is 6.22. The zero-order valence-electron chi connectivity index (χ0n) is 26.4. The van der Waals surface area contributed by atoms with Crippen LogP contribution in [0.4, 0.5) is 0 Å². The van der Waals surface area contributed by atoms with E-state index in [1.165, 1.54) is 0 Å². The molecule has 1 atom stereocenters. The maximum atomic E-state index is 14.1. The largest absolute Gasteiger partial charge is 0.345 e. The zero-order chi connectivity index (χ0) is 32.6. The number of unbranched alkanes of at least 4 members (excludes halogenated alkanes) is 4. The van der Waals surface area contributed by atoms with Crippen molar-refractivity contribution in [3.8, 4) is 0 Å². The number of carbonyl (C=O) groups is 4. The van der Waals surface area contributed by atoms with Crippen molar-refractivity contribution in [1.29, 1.82) is 0 Å². The maximum absolute atomic E-state index is 14.1. The SMILES string of the molecule is CCCCCCCC(=O)N[C@@H](CC(=O)NC(c1ccccc1)(c1ccccc1)c1ccccc1)C(=O)C(=O)NCc1ccccc1. The molecular formula is C39H43N3O4. The molecule has 0 heterocycles. The Labute approximate surface area is 271 Å². The summed E-state index contributed by atoms with van der Waals surface area (Å²) >= 11 is 0. The van der Waals surface area contributed by atoms with E-state index in [4.69, 9.17) is 0 Å². The average Bonchev–Trinajstić information content (AvgIpc) is 3.10. The highest BCUT2D eigenvalue weighted by Gasteiger charge is 2.39. The van der Waals surface area contributed by atoms with Crippen LogP contribution in [0.15, 0.2) is 121 Å². The number of ketones is 1. The third kappa shape index (κ3) is 9.24. The van der Waals surface area contributed by atoms with Gasteiger partial charge in [0, 0.05) is 13.0 Å². The van der Waals surface area contributed by atoms with Gasteiger partial charge in [-0.1, -0.05) is 154 Å². The first kappa shape index (κ1) is 33.8. The van der Waals surface area contributed by atoms with E-state index in [0.717, 1.165) is 47.9 Å². The highest BCUT2D eigenvalue weighted by Crippen LogP contribution is 2.37. The number of Topliss-reactive ketones (excluding diaryl/α,β-unsaturated/α-hetero) is 1. The molecule has 0 aromatic heterocycles. The Hall–Kier alpha value is -5.04.